The Bertz CT molecular complexity index is 442. The number of hydrogen-bond acceptors (Lipinski definition) is 4. The predicted molar refractivity (Wildman–Crippen MR) is 85.6 cm³/mol. The first kappa shape index (κ1) is 16.3. The average molecular weight is 292 g/mol. The summed E-state index contributed by atoms with van der Waals surface area (Å²) in [4.78, 5) is 2.45. The summed E-state index contributed by atoms with van der Waals surface area (Å²) in [7, 11) is 1.65. The van der Waals surface area contributed by atoms with Crippen LogP contribution in [0, 0.1) is 6.92 Å². The fourth-order valence-electron chi connectivity index (χ4n) is 2.95. The second kappa shape index (κ2) is 7.78. The molecule has 1 unspecified atom stereocenters. The van der Waals surface area contributed by atoms with Crippen molar-refractivity contribution in [2.75, 3.05) is 26.7 Å². The van der Waals surface area contributed by atoms with Crippen LogP contribution in [0.5, 0.6) is 5.75 Å². The van der Waals surface area contributed by atoms with E-state index >= 15 is 0 Å². The van der Waals surface area contributed by atoms with E-state index in [0.29, 0.717) is 6.04 Å². The highest BCUT2D eigenvalue weighted by molar-refractivity contribution is 5.38. The van der Waals surface area contributed by atoms with Crippen molar-refractivity contribution in [1.29, 1.82) is 0 Å². The molecule has 0 aliphatic carbocycles. The van der Waals surface area contributed by atoms with E-state index < -0.39 is 6.10 Å². The number of nitrogens with zero attached hydrogens (tertiary/aromatic N) is 1. The number of nitrogens with two attached hydrogens (primary N) is 1. The zero-order valence-electron chi connectivity index (χ0n) is 13.2. The molecule has 1 aliphatic heterocycles. The van der Waals surface area contributed by atoms with Gasteiger partial charge in [-0.1, -0.05) is 11.6 Å². The summed E-state index contributed by atoms with van der Waals surface area (Å²) in [5.74, 6) is 0.775. The van der Waals surface area contributed by atoms with Crippen LogP contribution in [0.2, 0.25) is 0 Å². The molecule has 0 amide bonds. The molecule has 4 nitrogen and oxygen atoms in total. The molecule has 0 bridgehead atoms. The Morgan fingerprint density at radius 2 is 2.10 bits per heavy atom. The fraction of sp³-hybridized carbons (Fsp3) is 0.647. The van der Waals surface area contributed by atoms with Gasteiger partial charge in [-0.15, -0.1) is 0 Å². The maximum absolute atomic E-state index is 10.4. The number of likely N-dealkylation sites (tertiary alicyclic amines) is 1. The maximum atomic E-state index is 10.4. The molecule has 1 fully saturated rings. The zero-order valence-corrected chi connectivity index (χ0v) is 13.2. The number of hydrogen-bond donors (Lipinski definition) is 2. The SMILES string of the molecule is COc1ccc(C)cc1C(O)CCCN1CCC(N)CC1. The van der Waals surface area contributed by atoms with E-state index in [0.717, 1.165) is 62.2 Å². The van der Waals surface area contributed by atoms with E-state index in [1.165, 1.54) is 0 Å². The third-order valence-corrected chi connectivity index (χ3v) is 4.33. The summed E-state index contributed by atoms with van der Waals surface area (Å²) in [5.41, 5.74) is 7.96. The fourth-order valence-corrected chi connectivity index (χ4v) is 2.95. The van der Waals surface area contributed by atoms with Gasteiger partial charge in [0.15, 0.2) is 0 Å². The van der Waals surface area contributed by atoms with Crippen molar-refractivity contribution in [3.05, 3.63) is 29.3 Å². The lowest BCUT2D eigenvalue weighted by atomic mass is 10.0. The van der Waals surface area contributed by atoms with Gasteiger partial charge >= 0.3 is 0 Å². The van der Waals surface area contributed by atoms with Gasteiger partial charge in [-0.3, -0.25) is 0 Å². The highest BCUT2D eigenvalue weighted by Crippen LogP contribution is 2.29. The molecule has 1 aliphatic rings. The molecule has 1 aromatic carbocycles. The minimum Gasteiger partial charge on any atom is -0.496 e. The van der Waals surface area contributed by atoms with Crippen molar-refractivity contribution in [2.45, 2.75) is 44.8 Å². The highest BCUT2D eigenvalue weighted by atomic mass is 16.5. The maximum Gasteiger partial charge on any atom is 0.124 e. The van der Waals surface area contributed by atoms with Crippen LogP contribution in [0.3, 0.4) is 0 Å². The van der Waals surface area contributed by atoms with E-state index in [1.54, 1.807) is 7.11 Å². The van der Waals surface area contributed by atoms with Gasteiger partial charge in [-0.25, -0.2) is 0 Å². The van der Waals surface area contributed by atoms with Crippen LogP contribution in [-0.4, -0.2) is 42.8 Å². The minimum absolute atomic E-state index is 0.378. The molecule has 1 heterocycles. The molecule has 1 saturated heterocycles. The van der Waals surface area contributed by atoms with Crippen molar-refractivity contribution < 1.29 is 9.84 Å². The third-order valence-electron chi connectivity index (χ3n) is 4.33. The van der Waals surface area contributed by atoms with E-state index in [-0.39, 0.29) is 0 Å². The number of benzene rings is 1. The third kappa shape index (κ3) is 4.70. The van der Waals surface area contributed by atoms with Gasteiger partial charge in [-0.05, 0) is 64.4 Å². The predicted octanol–water partition coefficient (Wildman–Crippen LogP) is 2.24. The number of ether oxygens (including phenoxy) is 1. The van der Waals surface area contributed by atoms with E-state index in [2.05, 4.69) is 4.90 Å². The van der Waals surface area contributed by atoms with Gasteiger partial charge in [0, 0.05) is 11.6 Å². The lowest BCUT2D eigenvalue weighted by Gasteiger charge is -2.30. The summed E-state index contributed by atoms with van der Waals surface area (Å²) in [6, 6.07) is 6.33. The molecule has 118 valence electrons. The largest absolute Gasteiger partial charge is 0.496 e. The number of aliphatic hydroxyl groups excluding tert-OH is 1. The number of rotatable bonds is 6. The van der Waals surface area contributed by atoms with Crippen molar-refractivity contribution in [3.8, 4) is 5.75 Å². The number of methoxy groups -OCH3 is 1. The quantitative estimate of drug-likeness (QED) is 0.844. The first-order valence-electron chi connectivity index (χ1n) is 7.90. The van der Waals surface area contributed by atoms with Crippen molar-refractivity contribution in [1.82, 2.24) is 4.90 Å². The summed E-state index contributed by atoms with van der Waals surface area (Å²) in [6.45, 7) is 5.25. The average Bonchev–Trinajstić information content (AvgIpc) is 2.49. The summed E-state index contributed by atoms with van der Waals surface area (Å²) in [5, 5.41) is 10.4. The van der Waals surface area contributed by atoms with Crippen LogP contribution in [0.1, 0.15) is 42.9 Å². The molecular formula is C17H28N2O2. The summed E-state index contributed by atoms with van der Waals surface area (Å²) in [6.07, 6.45) is 3.49. The van der Waals surface area contributed by atoms with Gasteiger partial charge in [-0.2, -0.15) is 0 Å². The molecule has 3 N–H and O–H groups in total. The van der Waals surface area contributed by atoms with Crippen LogP contribution in [0.25, 0.3) is 0 Å². The molecule has 0 spiro atoms. The molecule has 0 saturated carbocycles. The summed E-state index contributed by atoms with van der Waals surface area (Å²) >= 11 is 0. The Balaban J connectivity index is 1.81. The van der Waals surface area contributed by atoms with Crippen molar-refractivity contribution in [3.63, 3.8) is 0 Å². The smallest absolute Gasteiger partial charge is 0.124 e. The normalized spacial score (nSPS) is 18.7. The lowest BCUT2D eigenvalue weighted by Crippen LogP contribution is -2.40. The van der Waals surface area contributed by atoms with Gasteiger partial charge < -0.3 is 20.5 Å². The van der Waals surface area contributed by atoms with Gasteiger partial charge in [0.2, 0.25) is 0 Å². The Morgan fingerprint density at radius 3 is 2.76 bits per heavy atom. The zero-order chi connectivity index (χ0) is 15.2. The van der Waals surface area contributed by atoms with Crippen LogP contribution in [-0.2, 0) is 0 Å². The Morgan fingerprint density at radius 1 is 1.38 bits per heavy atom. The van der Waals surface area contributed by atoms with E-state index in [1.807, 2.05) is 25.1 Å². The first-order chi connectivity index (χ1) is 10.1. The Kier molecular flexibility index (Phi) is 6.03. The molecular weight excluding hydrogens is 264 g/mol. The van der Waals surface area contributed by atoms with Crippen molar-refractivity contribution in [2.24, 2.45) is 5.73 Å². The monoisotopic (exact) mass is 292 g/mol. The van der Waals surface area contributed by atoms with Crippen LogP contribution in [0.15, 0.2) is 18.2 Å². The van der Waals surface area contributed by atoms with Gasteiger partial charge in [0.05, 0.1) is 13.2 Å². The second-order valence-electron chi connectivity index (χ2n) is 6.08. The molecule has 0 radical (unpaired) electrons. The van der Waals surface area contributed by atoms with Crippen molar-refractivity contribution >= 4 is 0 Å². The molecule has 4 heteroatoms. The Hall–Kier alpha value is -1.10. The number of aliphatic hydroxyl groups is 1. The van der Waals surface area contributed by atoms with Crippen LogP contribution >= 0.6 is 0 Å². The molecule has 2 rings (SSSR count). The van der Waals surface area contributed by atoms with Crippen LogP contribution in [0.4, 0.5) is 0 Å². The molecule has 1 atom stereocenters. The molecule has 1 aromatic rings. The van der Waals surface area contributed by atoms with Gasteiger partial charge in [0.1, 0.15) is 5.75 Å². The van der Waals surface area contributed by atoms with E-state index in [9.17, 15) is 5.11 Å². The second-order valence-corrected chi connectivity index (χ2v) is 6.08. The molecule has 0 aromatic heterocycles. The number of piperidine rings is 1. The topological polar surface area (TPSA) is 58.7 Å². The highest BCUT2D eigenvalue weighted by Gasteiger charge is 2.17. The van der Waals surface area contributed by atoms with E-state index in [4.69, 9.17) is 10.5 Å². The minimum atomic E-state index is -0.452. The Labute approximate surface area is 127 Å². The number of aryl methyl sites for hydroxylation is 1. The summed E-state index contributed by atoms with van der Waals surface area (Å²) < 4.78 is 5.35. The van der Waals surface area contributed by atoms with Gasteiger partial charge in [0.25, 0.3) is 0 Å². The lowest BCUT2D eigenvalue weighted by molar-refractivity contribution is 0.145. The first-order valence-corrected chi connectivity index (χ1v) is 7.90. The standard InChI is InChI=1S/C17H28N2O2/c1-13-5-6-17(21-2)15(12-13)16(20)4-3-9-19-10-7-14(18)8-11-19/h5-6,12,14,16,20H,3-4,7-11,18H2,1-2H3. The van der Waals surface area contributed by atoms with Crippen LogP contribution < -0.4 is 10.5 Å². The molecule has 21 heavy (non-hydrogen) atoms.